The van der Waals surface area contributed by atoms with Crippen LogP contribution in [0.4, 0.5) is 0 Å². The molecule has 4 nitrogen and oxygen atoms in total. The number of nitrogens with zero attached hydrogens (tertiary/aromatic N) is 1. The minimum absolute atomic E-state index is 0.0557. The van der Waals surface area contributed by atoms with Gasteiger partial charge in [-0.05, 0) is 99.2 Å². The predicted octanol–water partition coefficient (Wildman–Crippen LogP) is 6.15. The number of hydrogen-bond donors (Lipinski definition) is 1. The van der Waals surface area contributed by atoms with E-state index in [1.165, 1.54) is 51.4 Å². The zero-order valence-corrected chi connectivity index (χ0v) is 22.1. The van der Waals surface area contributed by atoms with Crippen molar-refractivity contribution in [3.63, 3.8) is 0 Å². The first-order valence-electron chi connectivity index (χ1n) is 14.7. The predicted molar refractivity (Wildman–Crippen MR) is 135 cm³/mol. The van der Waals surface area contributed by atoms with Gasteiger partial charge in [0.25, 0.3) is 0 Å². The molecule has 5 fully saturated rings. The van der Waals surface area contributed by atoms with E-state index in [4.69, 9.17) is 0 Å². The van der Waals surface area contributed by atoms with Crippen molar-refractivity contribution in [1.29, 1.82) is 0 Å². The Balaban J connectivity index is 1.28. The summed E-state index contributed by atoms with van der Waals surface area (Å²) in [7, 11) is 0. The highest BCUT2D eigenvalue weighted by Crippen LogP contribution is 2.66. The number of hydrogen-bond acceptors (Lipinski definition) is 3. The molecule has 34 heavy (non-hydrogen) atoms. The Kier molecular flexibility index (Phi) is 6.70. The molecule has 5 rings (SSSR count). The summed E-state index contributed by atoms with van der Waals surface area (Å²) in [6.07, 6.45) is 16.2. The second-order valence-corrected chi connectivity index (χ2v) is 13.6. The van der Waals surface area contributed by atoms with Crippen molar-refractivity contribution >= 4 is 11.7 Å². The second kappa shape index (κ2) is 9.20. The third kappa shape index (κ3) is 4.18. The quantitative estimate of drug-likeness (QED) is 0.523. The van der Waals surface area contributed by atoms with Crippen LogP contribution in [0.25, 0.3) is 0 Å². The molecule has 0 spiro atoms. The average molecular weight is 472 g/mol. The van der Waals surface area contributed by atoms with Gasteiger partial charge >= 0.3 is 0 Å². The lowest BCUT2D eigenvalue weighted by Gasteiger charge is -2.61. The number of Topliss-reactive ketones (excluding diaryl/α,β-unsaturated/α-hetero) is 1. The van der Waals surface area contributed by atoms with E-state index in [1.807, 2.05) is 11.8 Å². The van der Waals surface area contributed by atoms with Gasteiger partial charge in [0, 0.05) is 31.3 Å². The highest BCUT2D eigenvalue weighted by molar-refractivity contribution is 5.87. The Hall–Kier alpha value is -0.900. The van der Waals surface area contributed by atoms with Gasteiger partial charge in [-0.15, -0.1) is 0 Å². The van der Waals surface area contributed by atoms with Gasteiger partial charge in [0.1, 0.15) is 5.78 Å². The zero-order chi connectivity index (χ0) is 24.1. The van der Waals surface area contributed by atoms with Gasteiger partial charge in [0.05, 0.1) is 5.60 Å². The summed E-state index contributed by atoms with van der Waals surface area (Å²) in [6.45, 7) is 8.12. The Bertz CT molecular complexity index is 790. The van der Waals surface area contributed by atoms with Crippen LogP contribution < -0.4 is 0 Å². The maximum Gasteiger partial charge on any atom is 0.222 e. The molecule has 5 aliphatic carbocycles. The highest BCUT2D eigenvalue weighted by atomic mass is 16.3. The Morgan fingerprint density at radius 3 is 2.47 bits per heavy atom. The van der Waals surface area contributed by atoms with Gasteiger partial charge < -0.3 is 10.0 Å². The van der Waals surface area contributed by atoms with Gasteiger partial charge in [0.2, 0.25) is 5.91 Å². The van der Waals surface area contributed by atoms with Gasteiger partial charge in [-0.2, -0.15) is 0 Å². The normalized spacial score (nSPS) is 44.8. The monoisotopic (exact) mass is 471 g/mol. The maximum atomic E-state index is 12.9. The molecule has 0 aromatic carbocycles. The maximum absolute atomic E-state index is 12.9. The molecule has 1 N–H and O–H groups in total. The van der Waals surface area contributed by atoms with Crippen molar-refractivity contribution in [1.82, 2.24) is 4.90 Å². The minimum atomic E-state index is -0.733. The Labute approximate surface area is 207 Å². The number of ketones is 1. The van der Waals surface area contributed by atoms with E-state index in [0.717, 1.165) is 45.1 Å². The lowest BCUT2D eigenvalue weighted by molar-refractivity contribution is -0.161. The van der Waals surface area contributed by atoms with Crippen molar-refractivity contribution in [3.05, 3.63) is 0 Å². The molecule has 5 aliphatic rings. The molecule has 0 bridgehead atoms. The summed E-state index contributed by atoms with van der Waals surface area (Å²) in [6, 6.07) is 0. The zero-order valence-electron chi connectivity index (χ0n) is 22.1. The molecule has 0 heterocycles. The molecule has 0 unspecified atom stereocenters. The lowest BCUT2D eigenvalue weighted by atomic mass is 9.44. The van der Waals surface area contributed by atoms with E-state index >= 15 is 0 Å². The molecular weight excluding hydrogens is 422 g/mol. The molecule has 1 amide bonds. The van der Waals surface area contributed by atoms with Crippen molar-refractivity contribution in [3.8, 4) is 0 Å². The molecule has 0 aromatic rings. The first-order chi connectivity index (χ1) is 16.2. The number of rotatable bonds is 5. The number of carbonyl (C=O) groups is 2. The fraction of sp³-hybridized carbons (Fsp3) is 0.933. The lowest BCUT2D eigenvalue weighted by Crippen LogP contribution is -2.58. The van der Waals surface area contributed by atoms with Crippen molar-refractivity contribution < 1.29 is 14.7 Å². The molecule has 0 saturated heterocycles. The number of carbonyl (C=O) groups excluding carboxylic acids is 2. The smallest absolute Gasteiger partial charge is 0.222 e. The van der Waals surface area contributed by atoms with Crippen LogP contribution in [0.2, 0.25) is 0 Å². The molecule has 0 aromatic heterocycles. The van der Waals surface area contributed by atoms with Gasteiger partial charge in [-0.3, -0.25) is 9.59 Å². The molecule has 0 radical (unpaired) electrons. The largest absolute Gasteiger partial charge is 0.388 e. The van der Waals surface area contributed by atoms with Crippen LogP contribution in [0.3, 0.4) is 0 Å². The first-order valence-corrected chi connectivity index (χ1v) is 14.7. The third-order valence-electron chi connectivity index (χ3n) is 11.9. The van der Waals surface area contributed by atoms with Crippen LogP contribution in [0.15, 0.2) is 0 Å². The van der Waals surface area contributed by atoms with Crippen molar-refractivity contribution in [2.24, 2.45) is 40.4 Å². The third-order valence-corrected chi connectivity index (χ3v) is 11.9. The second-order valence-electron chi connectivity index (χ2n) is 13.6. The molecule has 7 atom stereocenters. The average Bonchev–Trinajstić information content (AvgIpc) is 3.14. The van der Waals surface area contributed by atoms with Crippen LogP contribution in [0.5, 0.6) is 0 Å². The summed E-state index contributed by atoms with van der Waals surface area (Å²) in [4.78, 5) is 27.6. The van der Waals surface area contributed by atoms with Crippen molar-refractivity contribution in [2.75, 3.05) is 13.1 Å². The van der Waals surface area contributed by atoms with E-state index in [-0.39, 0.29) is 16.7 Å². The van der Waals surface area contributed by atoms with Gasteiger partial charge in [-0.1, -0.05) is 40.0 Å². The SMILES string of the molecule is CCC(=O)N(CC1CCCCC1)C[C@@]1(O)CC[C@@]2(C)[C@@H](CC[C@@H]3[C@@H]2CC[C@]2(C)C(=O)CC[C@@H]32)C1. The fourth-order valence-corrected chi connectivity index (χ4v) is 9.75. The number of amides is 1. The highest BCUT2D eigenvalue weighted by Gasteiger charge is 2.61. The van der Waals surface area contributed by atoms with E-state index in [9.17, 15) is 14.7 Å². The first kappa shape index (κ1) is 24.8. The molecule has 5 saturated carbocycles. The topological polar surface area (TPSA) is 57.6 Å². The van der Waals surface area contributed by atoms with E-state index in [1.54, 1.807) is 0 Å². The van der Waals surface area contributed by atoms with E-state index in [0.29, 0.717) is 48.3 Å². The Morgan fingerprint density at radius 1 is 0.971 bits per heavy atom. The van der Waals surface area contributed by atoms with E-state index < -0.39 is 5.60 Å². The van der Waals surface area contributed by atoms with Crippen LogP contribution in [0, 0.1) is 40.4 Å². The molecular formula is C30H49NO3. The van der Waals surface area contributed by atoms with Crippen LogP contribution in [-0.2, 0) is 9.59 Å². The van der Waals surface area contributed by atoms with Crippen LogP contribution in [0.1, 0.15) is 117 Å². The standard InChI is InChI=1S/C30H49NO3/c1-4-27(33)31(19-21-8-6-5-7-9-21)20-30(34)17-16-28(2)22(18-30)10-11-23-24-12-13-26(32)29(24,3)15-14-25(23)28/h21-25,34H,4-20H2,1-3H3/t22-,23-,24-,25-,28-,29-,30+/m0/s1. The Morgan fingerprint density at radius 2 is 1.74 bits per heavy atom. The van der Waals surface area contributed by atoms with Gasteiger partial charge in [0.15, 0.2) is 0 Å². The van der Waals surface area contributed by atoms with Crippen molar-refractivity contribution in [2.45, 2.75) is 123 Å². The number of fused-ring (bicyclic) bond motifs is 5. The number of aliphatic hydroxyl groups is 1. The molecule has 0 aliphatic heterocycles. The summed E-state index contributed by atoms with van der Waals surface area (Å²) >= 11 is 0. The molecule has 192 valence electrons. The van der Waals surface area contributed by atoms with E-state index in [2.05, 4.69) is 13.8 Å². The summed E-state index contributed by atoms with van der Waals surface area (Å²) < 4.78 is 0. The summed E-state index contributed by atoms with van der Waals surface area (Å²) in [5.74, 6) is 3.89. The van der Waals surface area contributed by atoms with Crippen LogP contribution >= 0.6 is 0 Å². The minimum Gasteiger partial charge on any atom is -0.388 e. The van der Waals surface area contributed by atoms with Gasteiger partial charge in [-0.25, -0.2) is 0 Å². The summed E-state index contributed by atoms with van der Waals surface area (Å²) in [5.41, 5.74) is -0.506. The summed E-state index contributed by atoms with van der Waals surface area (Å²) in [5, 5.41) is 11.9. The molecule has 4 heteroatoms. The fourth-order valence-electron chi connectivity index (χ4n) is 9.75. The van der Waals surface area contributed by atoms with Crippen LogP contribution in [-0.4, -0.2) is 40.4 Å².